The highest BCUT2D eigenvalue weighted by atomic mass is 16.5. The molecule has 2 aliphatic heterocycles. The van der Waals surface area contributed by atoms with Crippen molar-refractivity contribution in [2.45, 2.75) is 25.2 Å². The summed E-state index contributed by atoms with van der Waals surface area (Å²) in [6.45, 7) is 3.38. The van der Waals surface area contributed by atoms with E-state index in [-0.39, 0.29) is 12.0 Å². The normalized spacial score (nSPS) is 30.8. The molecule has 0 amide bonds. The van der Waals surface area contributed by atoms with Crippen LogP contribution in [0.1, 0.15) is 30.9 Å². The average Bonchev–Trinajstić information content (AvgIpc) is 3.20. The molecule has 2 saturated heterocycles. The summed E-state index contributed by atoms with van der Waals surface area (Å²) in [6, 6.07) is 2.19. The van der Waals surface area contributed by atoms with Crippen LogP contribution >= 0.6 is 0 Å². The van der Waals surface area contributed by atoms with E-state index in [1.165, 1.54) is 12.8 Å². The molecule has 2 aromatic heterocycles. The second kappa shape index (κ2) is 4.88. The van der Waals surface area contributed by atoms with Crippen molar-refractivity contribution < 1.29 is 9.84 Å². The first-order chi connectivity index (χ1) is 11.3. The lowest BCUT2D eigenvalue weighted by Gasteiger charge is -2.36. The zero-order valence-corrected chi connectivity index (χ0v) is 13.1. The number of aliphatic hydroxyl groups excluding tert-OH is 1. The number of anilines is 1. The number of aliphatic hydroxyl groups is 1. The van der Waals surface area contributed by atoms with E-state index < -0.39 is 0 Å². The van der Waals surface area contributed by atoms with Crippen molar-refractivity contribution in [1.82, 2.24) is 19.8 Å². The van der Waals surface area contributed by atoms with Gasteiger partial charge in [0.25, 0.3) is 0 Å². The van der Waals surface area contributed by atoms with Crippen LogP contribution in [0.15, 0.2) is 12.4 Å². The molecule has 0 bridgehead atoms. The van der Waals surface area contributed by atoms with Gasteiger partial charge in [-0.05, 0) is 31.2 Å². The van der Waals surface area contributed by atoms with Crippen LogP contribution in [0, 0.1) is 11.3 Å². The fourth-order valence-corrected chi connectivity index (χ4v) is 4.14. The monoisotopic (exact) mass is 315 g/mol. The van der Waals surface area contributed by atoms with Crippen molar-refractivity contribution in [1.29, 1.82) is 0 Å². The number of hydrogen-bond donors (Lipinski definition) is 1. The quantitative estimate of drug-likeness (QED) is 0.904. The number of nitrogens with zero attached hydrogens (tertiary/aromatic N) is 5. The Morgan fingerprint density at radius 3 is 3.04 bits per heavy atom. The molecule has 7 heteroatoms. The molecule has 4 heterocycles. The van der Waals surface area contributed by atoms with Gasteiger partial charge >= 0.3 is 0 Å². The highest BCUT2D eigenvalue weighted by Crippen LogP contribution is 2.45. The Labute approximate surface area is 134 Å². The minimum absolute atomic E-state index is 0.141. The van der Waals surface area contributed by atoms with Gasteiger partial charge in [-0.15, -0.1) is 10.2 Å². The second-order valence-corrected chi connectivity index (χ2v) is 7.27. The number of fused-ring (bicyclic) bond motifs is 2. The first-order valence-electron chi connectivity index (χ1n) is 8.44. The van der Waals surface area contributed by atoms with Crippen LogP contribution in [0.25, 0.3) is 5.65 Å². The largest absolute Gasteiger partial charge is 0.396 e. The molecule has 0 radical (unpaired) electrons. The average molecular weight is 315 g/mol. The summed E-state index contributed by atoms with van der Waals surface area (Å²) in [4.78, 5) is 2.35. The van der Waals surface area contributed by atoms with Crippen LogP contribution < -0.4 is 4.90 Å². The topological polar surface area (TPSA) is 75.8 Å². The third kappa shape index (κ3) is 2.06. The highest BCUT2D eigenvalue weighted by Gasteiger charge is 2.48. The highest BCUT2D eigenvalue weighted by molar-refractivity contribution is 5.69. The first kappa shape index (κ1) is 13.7. The first-order valence-corrected chi connectivity index (χ1v) is 8.44. The van der Waals surface area contributed by atoms with E-state index in [9.17, 15) is 5.11 Å². The number of ether oxygens (including phenoxy) is 1. The summed E-state index contributed by atoms with van der Waals surface area (Å²) >= 11 is 0. The van der Waals surface area contributed by atoms with Gasteiger partial charge in [0.2, 0.25) is 5.65 Å². The van der Waals surface area contributed by atoms with Crippen LogP contribution in [-0.4, -0.2) is 57.8 Å². The molecule has 3 aliphatic rings. The van der Waals surface area contributed by atoms with Gasteiger partial charge in [0.05, 0.1) is 24.6 Å². The molecule has 2 aromatic rings. The van der Waals surface area contributed by atoms with Gasteiger partial charge in [-0.25, -0.2) is 0 Å². The molecular weight excluding hydrogens is 294 g/mol. The minimum Gasteiger partial charge on any atom is -0.396 e. The summed E-state index contributed by atoms with van der Waals surface area (Å²) < 4.78 is 7.47. The predicted molar refractivity (Wildman–Crippen MR) is 83.4 cm³/mol. The smallest absolute Gasteiger partial charge is 0.200 e. The van der Waals surface area contributed by atoms with E-state index in [4.69, 9.17) is 4.74 Å². The van der Waals surface area contributed by atoms with Gasteiger partial charge in [-0.3, -0.25) is 0 Å². The summed E-state index contributed by atoms with van der Waals surface area (Å²) in [5.41, 5.74) is 2.90. The molecular formula is C16H21N5O2. The maximum absolute atomic E-state index is 9.99. The minimum atomic E-state index is -0.141. The molecule has 2 atom stereocenters. The van der Waals surface area contributed by atoms with E-state index in [1.807, 2.05) is 0 Å². The Hall–Kier alpha value is -1.73. The van der Waals surface area contributed by atoms with Crippen molar-refractivity contribution in [2.75, 3.05) is 37.8 Å². The van der Waals surface area contributed by atoms with Gasteiger partial charge in [0.15, 0.2) is 0 Å². The lowest BCUT2D eigenvalue weighted by molar-refractivity contribution is -0.0543. The van der Waals surface area contributed by atoms with Crippen LogP contribution in [0.2, 0.25) is 0 Å². The van der Waals surface area contributed by atoms with Gasteiger partial charge < -0.3 is 14.7 Å². The third-order valence-electron chi connectivity index (χ3n) is 5.73. The second-order valence-electron chi connectivity index (χ2n) is 7.27. The number of hydrogen-bond acceptors (Lipinski definition) is 6. The predicted octanol–water partition coefficient (Wildman–Crippen LogP) is 0.837. The summed E-state index contributed by atoms with van der Waals surface area (Å²) in [5.74, 6) is 1.06. The molecule has 3 fully saturated rings. The van der Waals surface area contributed by atoms with Crippen molar-refractivity contribution in [3.8, 4) is 0 Å². The van der Waals surface area contributed by atoms with Crippen molar-refractivity contribution in [2.24, 2.45) is 11.3 Å². The Morgan fingerprint density at radius 1 is 1.35 bits per heavy atom. The Kier molecular flexibility index (Phi) is 2.90. The lowest BCUT2D eigenvalue weighted by atomic mass is 9.76. The maximum Gasteiger partial charge on any atom is 0.200 e. The van der Waals surface area contributed by atoms with Crippen molar-refractivity contribution >= 4 is 11.3 Å². The Bertz CT molecular complexity index is 743. The van der Waals surface area contributed by atoms with Gasteiger partial charge in [-0.2, -0.15) is 9.61 Å². The number of aromatic nitrogens is 4. The molecule has 1 N–H and O–H groups in total. The third-order valence-corrected chi connectivity index (χ3v) is 5.73. The fourth-order valence-electron chi connectivity index (χ4n) is 4.14. The molecule has 0 spiro atoms. The van der Waals surface area contributed by atoms with Crippen LogP contribution in [0.4, 0.5) is 5.69 Å². The van der Waals surface area contributed by atoms with Crippen molar-refractivity contribution in [3.05, 3.63) is 18.1 Å². The van der Waals surface area contributed by atoms with E-state index in [0.717, 1.165) is 43.1 Å². The van der Waals surface area contributed by atoms with Crippen LogP contribution in [-0.2, 0) is 4.74 Å². The lowest BCUT2D eigenvalue weighted by Crippen LogP contribution is -2.43. The fraction of sp³-hybridized carbons (Fsp3) is 0.688. The number of rotatable bonds is 3. The molecule has 1 saturated carbocycles. The zero-order valence-electron chi connectivity index (χ0n) is 13.1. The standard InChI is InChI=1S/C16H21N5O2/c22-8-16-7-20(6-12(16)3-4-23-9-16)14-5-13(11-1-2-11)19-21-10-17-18-15(14)21/h5,10-12,22H,1-4,6-9H2/t12-,16+/m0/s1. The van der Waals surface area contributed by atoms with E-state index >= 15 is 0 Å². The zero-order chi connectivity index (χ0) is 15.4. The molecule has 1 aliphatic carbocycles. The molecule has 23 heavy (non-hydrogen) atoms. The molecule has 122 valence electrons. The van der Waals surface area contributed by atoms with Gasteiger partial charge in [0, 0.05) is 31.0 Å². The van der Waals surface area contributed by atoms with Gasteiger partial charge in [0.1, 0.15) is 6.33 Å². The molecule has 0 aromatic carbocycles. The van der Waals surface area contributed by atoms with E-state index in [0.29, 0.717) is 18.4 Å². The van der Waals surface area contributed by atoms with Gasteiger partial charge in [-0.1, -0.05) is 0 Å². The summed E-state index contributed by atoms with van der Waals surface area (Å²) in [6.07, 6.45) is 5.13. The summed E-state index contributed by atoms with van der Waals surface area (Å²) in [7, 11) is 0. The van der Waals surface area contributed by atoms with E-state index in [1.54, 1.807) is 10.8 Å². The van der Waals surface area contributed by atoms with Crippen molar-refractivity contribution in [3.63, 3.8) is 0 Å². The maximum atomic E-state index is 9.99. The van der Waals surface area contributed by atoms with E-state index in [2.05, 4.69) is 26.3 Å². The SMILES string of the molecule is OC[C@]12COCC[C@H]1CN(c1cc(C3CC3)nn3cnnc13)C2. The van der Waals surface area contributed by atoms with Crippen LogP contribution in [0.3, 0.4) is 0 Å². The molecule has 5 rings (SSSR count). The molecule has 0 unspecified atom stereocenters. The van der Waals surface area contributed by atoms with Crippen LogP contribution in [0.5, 0.6) is 0 Å². The molecule has 7 nitrogen and oxygen atoms in total. The Morgan fingerprint density at radius 2 is 2.26 bits per heavy atom. The Balaban J connectivity index is 1.56. The summed E-state index contributed by atoms with van der Waals surface area (Å²) in [5, 5.41) is 22.9.